The van der Waals surface area contributed by atoms with Crippen LogP contribution >= 0.6 is 11.3 Å². The molecule has 1 aromatic heterocycles. The van der Waals surface area contributed by atoms with Crippen LogP contribution in [0.2, 0.25) is 0 Å². The van der Waals surface area contributed by atoms with Crippen molar-refractivity contribution in [1.29, 1.82) is 0 Å². The average Bonchev–Trinajstić information content (AvgIpc) is 2.94. The highest BCUT2D eigenvalue weighted by molar-refractivity contribution is 7.14. The van der Waals surface area contributed by atoms with Crippen molar-refractivity contribution in [2.45, 2.75) is 39.8 Å². The Morgan fingerprint density at radius 2 is 1.95 bits per heavy atom. The zero-order valence-electron chi connectivity index (χ0n) is 12.8. The predicted molar refractivity (Wildman–Crippen MR) is 89.6 cm³/mol. The molecular formula is C17H22N2OS. The second kappa shape index (κ2) is 6.76. The summed E-state index contributed by atoms with van der Waals surface area (Å²) in [6.07, 6.45) is 0.964. The van der Waals surface area contributed by atoms with E-state index in [1.165, 1.54) is 4.88 Å². The summed E-state index contributed by atoms with van der Waals surface area (Å²) in [6, 6.07) is 11.8. The van der Waals surface area contributed by atoms with E-state index < -0.39 is 0 Å². The molecule has 0 saturated carbocycles. The van der Waals surface area contributed by atoms with E-state index in [1.807, 2.05) is 55.1 Å². The molecule has 1 aromatic carbocycles. The molecule has 0 aliphatic heterocycles. The topological polar surface area (TPSA) is 46.3 Å². The molecule has 2 N–H and O–H groups in total. The molecule has 4 heteroatoms. The first-order valence-electron chi connectivity index (χ1n) is 7.26. The van der Waals surface area contributed by atoms with Gasteiger partial charge < -0.3 is 10.6 Å². The molecule has 0 spiro atoms. The minimum atomic E-state index is 0.0814. The van der Waals surface area contributed by atoms with Gasteiger partial charge in [0, 0.05) is 23.2 Å². The highest BCUT2D eigenvalue weighted by atomic mass is 32.1. The fourth-order valence-corrected chi connectivity index (χ4v) is 3.08. The van der Waals surface area contributed by atoms with Crippen LogP contribution in [-0.2, 0) is 13.0 Å². The van der Waals surface area contributed by atoms with Gasteiger partial charge in [0.25, 0.3) is 5.91 Å². The second-order valence-electron chi connectivity index (χ2n) is 5.35. The van der Waals surface area contributed by atoms with E-state index in [-0.39, 0.29) is 11.9 Å². The summed E-state index contributed by atoms with van der Waals surface area (Å²) in [5, 5.41) is 0. The molecule has 1 amide bonds. The van der Waals surface area contributed by atoms with E-state index >= 15 is 0 Å². The molecule has 0 aliphatic carbocycles. The maximum atomic E-state index is 12.7. The van der Waals surface area contributed by atoms with Gasteiger partial charge in [0.15, 0.2) is 0 Å². The number of benzene rings is 1. The fraction of sp³-hybridized carbons (Fsp3) is 0.353. The van der Waals surface area contributed by atoms with Gasteiger partial charge in [-0.15, -0.1) is 11.3 Å². The van der Waals surface area contributed by atoms with Crippen LogP contribution in [0.25, 0.3) is 0 Å². The lowest BCUT2D eigenvalue weighted by Gasteiger charge is -2.27. The van der Waals surface area contributed by atoms with Crippen LogP contribution < -0.4 is 5.73 Å². The Morgan fingerprint density at radius 1 is 1.24 bits per heavy atom. The Bertz CT molecular complexity index is 619. The molecule has 0 unspecified atom stereocenters. The maximum Gasteiger partial charge on any atom is 0.264 e. The minimum Gasteiger partial charge on any atom is -0.398 e. The van der Waals surface area contributed by atoms with Crippen LogP contribution in [0.4, 0.5) is 5.69 Å². The van der Waals surface area contributed by atoms with Gasteiger partial charge in [0.05, 0.1) is 4.88 Å². The average molecular weight is 302 g/mol. The van der Waals surface area contributed by atoms with Gasteiger partial charge >= 0.3 is 0 Å². The monoisotopic (exact) mass is 302 g/mol. The Kier molecular flexibility index (Phi) is 5.02. The number of para-hydroxylation sites is 1. The van der Waals surface area contributed by atoms with Gasteiger partial charge in [-0.1, -0.05) is 25.1 Å². The lowest BCUT2D eigenvalue weighted by atomic mass is 10.1. The third kappa shape index (κ3) is 3.64. The highest BCUT2D eigenvalue weighted by Gasteiger charge is 2.21. The number of nitrogens with two attached hydrogens (primary N) is 1. The largest absolute Gasteiger partial charge is 0.398 e. The van der Waals surface area contributed by atoms with Crippen LogP contribution in [0.15, 0.2) is 36.4 Å². The minimum absolute atomic E-state index is 0.0814. The van der Waals surface area contributed by atoms with Crippen molar-refractivity contribution in [3.05, 3.63) is 51.7 Å². The number of hydrogen-bond acceptors (Lipinski definition) is 3. The van der Waals surface area contributed by atoms with E-state index in [0.29, 0.717) is 6.54 Å². The number of nitrogens with zero attached hydrogens (tertiary/aromatic N) is 1. The van der Waals surface area contributed by atoms with Crippen LogP contribution in [0.1, 0.15) is 40.9 Å². The lowest BCUT2D eigenvalue weighted by molar-refractivity contribution is 0.0696. The van der Waals surface area contributed by atoms with E-state index in [2.05, 4.69) is 6.92 Å². The molecule has 0 bridgehead atoms. The molecule has 3 nitrogen and oxygen atoms in total. The molecule has 1 heterocycles. The van der Waals surface area contributed by atoms with E-state index in [9.17, 15) is 4.79 Å². The van der Waals surface area contributed by atoms with Gasteiger partial charge in [-0.05, 0) is 44.0 Å². The highest BCUT2D eigenvalue weighted by Crippen LogP contribution is 2.22. The smallest absolute Gasteiger partial charge is 0.264 e. The van der Waals surface area contributed by atoms with Crippen molar-refractivity contribution >= 4 is 22.9 Å². The number of carbonyl (C=O) groups is 1. The van der Waals surface area contributed by atoms with Gasteiger partial charge in [-0.25, -0.2) is 0 Å². The summed E-state index contributed by atoms with van der Waals surface area (Å²) < 4.78 is 0. The van der Waals surface area contributed by atoms with E-state index in [4.69, 9.17) is 5.73 Å². The summed E-state index contributed by atoms with van der Waals surface area (Å²) in [7, 11) is 0. The van der Waals surface area contributed by atoms with Crippen LogP contribution in [0, 0.1) is 0 Å². The van der Waals surface area contributed by atoms with E-state index in [1.54, 1.807) is 11.3 Å². The first-order valence-corrected chi connectivity index (χ1v) is 8.07. The van der Waals surface area contributed by atoms with Crippen molar-refractivity contribution in [3.8, 4) is 0 Å². The predicted octanol–water partition coefficient (Wildman–Crippen LogP) is 3.94. The van der Waals surface area contributed by atoms with Crippen molar-refractivity contribution in [2.75, 3.05) is 5.73 Å². The van der Waals surface area contributed by atoms with Crippen molar-refractivity contribution in [2.24, 2.45) is 0 Å². The Labute approximate surface area is 130 Å². The number of rotatable bonds is 5. The molecule has 0 aliphatic rings. The molecule has 0 saturated heterocycles. The Morgan fingerprint density at radius 3 is 2.52 bits per heavy atom. The van der Waals surface area contributed by atoms with Gasteiger partial charge in [-0.3, -0.25) is 4.79 Å². The number of nitrogen functional groups attached to an aromatic ring is 1. The standard InChI is InChI=1S/C17H22N2OS/c1-4-14-9-10-16(21-14)17(20)19(12(2)3)11-13-7-5-6-8-15(13)18/h5-10,12H,4,11,18H2,1-3H3. The molecule has 2 aromatic rings. The number of thiophene rings is 1. The SMILES string of the molecule is CCc1ccc(C(=O)N(Cc2ccccc2N)C(C)C)s1. The van der Waals surface area contributed by atoms with Crippen LogP contribution in [0.3, 0.4) is 0 Å². The molecule has 2 rings (SSSR count). The molecule has 112 valence electrons. The van der Waals surface area contributed by atoms with Gasteiger partial charge in [0.1, 0.15) is 0 Å². The second-order valence-corrected chi connectivity index (χ2v) is 6.51. The molecule has 0 radical (unpaired) electrons. The summed E-state index contributed by atoms with van der Waals surface area (Å²) in [5.41, 5.74) is 7.72. The zero-order chi connectivity index (χ0) is 15.4. The summed E-state index contributed by atoms with van der Waals surface area (Å²) in [5.74, 6) is 0.0814. The van der Waals surface area contributed by atoms with Crippen LogP contribution in [-0.4, -0.2) is 16.8 Å². The number of amides is 1. The number of hydrogen-bond donors (Lipinski definition) is 1. The zero-order valence-corrected chi connectivity index (χ0v) is 13.6. The lowest BCUT2D eigenvalue weighted by Crippen LogP contribution is -2.36. The first-order chi connectivity index (χ1) is 10.0. The molecule has 0 atom stereocenters. The summed E-state index contributed by atoms with van der Waals surface area (Å²) in [6.45, 7) is 6.71. The van der Waals surface area contributed by atoms with Crippen molar-refractivity contribution in [1.82, 2.24) is 4.90 Å². The van der Waals surface area contributed by atoms with Crippen molar-refractivity contribution < 1.29 is 4.79 Å². The third-order valence-corrected chi connectivity index (χ3v) is 4.72. The fourth-order valence-electron chi connectivity index (χ4n) is 2.18. The van der Waals surface area contributed by atoms with Crippen molar-refractivity contribution in [3.63, 3.8) is 0 Å². The Balaban J connectivity index is 2.23. The molecule has 0 fully saturated rings. The molecule has 21 heavy (non-hydrogen) atoms. The van der Waals surface area contributed by atoms with E-state index in [0.717, 1.165) is 22.5 Å². The number of carbonyl (C=O) groups excluding carboxylic acids is 1. The third-order valence-electron chi connectivity index (χ3n) is 3.50. The van der Waals surface area contributed by atoms with Gasteiger partial charge in [0.2, 0.25) is 0 Å². The number of aryl methyl sites for hydroxylation is 1. The van der Waals surface area contributed by atoms with Crippen LogP contribution in [0.5, 0.6) is 0 Å². The molecular weight excluding hydrogens is 280 g/mol. The maximum absolute atomic E-state index is 12.7. The summed E-state index contributed by atoms with van der Waals surface area (Å²) >= 11 is 1.58. The summed E-state index contributed by atoms with van der Waals surface area (Å²) in [4.78, 5) is 16.6. The normalized spacial score (nSPS) is 10.9. The Hall–Kier alpha value is -1.81. The van der Waals surface area contributed by atoms with Gasteiger partial charge in [-0.2, -0.15) is 0 Å². The first kappa shape index (κ1) is 15.6. The number of anilines is 1. The quantitative estimate of drug-likeness (QED) is 0.850.